The third-order valence-electron chi connectivity index (χ3n) is 4.40. The molecule has 0 fully saturated rings. The van der Waals surface area contributed by atoms with Crippen LogP contribution in [0.4, 0.5) is 5.69 Å². The number of furan rings is 2. The minimum Gasteiger partial charge on any atom is -0.459 e. The SMILES string of the molecule is O=C(C=Cc1ccc(-c2ccc(Cl)c(Cl)c2)o1)c1ccc(NC(=O)c2ccco2)cc1. The third kappa shape index (κ3) is 4.97. The second-order valence-corrected chi connectivity index (χ2v) is 7.35. The van der Waals surface area contributed by atoms with Crippen LogP contribution in [0.3, 0.4) is 0 Å². The molecule has 4 rings (SSSR count). The molecule has 0 spiro atoms. The van der Waals surface area contributed by atoms with Crippen LogP contribution in [-0.2, 0) is 0 Å². The van der Waals surface area contributed by atoms with E-state index in [0.29, 0.717) is 32.8 Å². The molecule has 31 heavy (non-hydrogen) atoms. The number of benzene rings is 2. The lowest BCUT2D eigenvalue weighted by Crippen LogP contribution is -2.10. The maximum atomic E-state index is 12.4. The van der Waals surface area contributed by atoms with Crippen LogP contribution >= 0.6 is 23.2 Å². The fraction of sp³-hybridized carbons (Fsp3) is 0. The number of carbonyl (C=O) groups excluding carboxylic acids is 2. The Bertz CT molecular complexity index is 1260. The Hall–Kier alpha value is -3.54. The Morgan fingerprint density at radius 3 is 2.42 bits per heavy atom. The third-order valence-corrected chi connectivity index (χ3v) is 5.14. The molecule has 2 aromatic heterocycles. The molecule has 1 N–H and O–H groups in total. The summed E-state index contributed by atoms with van der Waals surface area (Å²) in [5.41, 5.74) is 1.82. The highest BCUT2D eigenvalue weighted by Gasteiger charge is 2.10. The van der Waals surface area contributed by atoms with Crippen LogP contribution < -0.4 is 5.32 Å². The van der Waals surface area contributed by atoms with Crippen LogP contribution in [-0.4, -0.2) is 11.7 Å². The van der Waals surface area contributed by atoms with Crippen molar-refractivity contribution in [2.24, 2.45) is 0 Å². The lowest BCUT2D eigenvalue weighted by atomic mass is 10.1. The number of hydrogen-bond donors (Lipinski definition) is 1. The summed E-state index contributed by atoms with van der Waals surface area (Å²) in [6.07, 6.45) is 4.44. The molecule has 0 bridgehead atoms. The summed E-state index contributed by atoms with van der Waals surface area (Å²) in [4.78, 5) is 24.4. The minimum atomic E-state index is -0.362. The first kappa shape index (κ1) is 20.7. The number of anilines is 1. The molecule has 0 aliphatic rings. The summed E-state index contributed by atoms with van der Waals surface area (Å²) in [5.74, 6) is 0.789. The number of hydrogen-bond acceptors (Lipinski definition) is 4. The van der Waals surface area contributed by atoms with Gasteiger partial charge in [-0.1, -0.05) is 23.2 Å². The lowest BCUT2D eigenvalue weighted by Gasteiger charge is -2.03. The predicted octanol–water partition coefficient (Wildman–Crippen LogP) is 6.99. The van der Waals surface area contributed by atoms with E-state index >= 15 is 0 Å². The zero-order valence-electron chi connectivity index (χ0n) is 16.0. The highest BCUT2D eigenvalue weighted by molar-refractivity contribution is 6.42. The van der Waals surface area contributed by atoms with E-state index in [1.54, 1.807) is 72.8 Å². The van der Waals surface area contributed by atoms with Crippen LogP contribution in [0.25, 0.3) is 17.4 Å². The van der Waals surface area contributed by atoms with Crippen molar-refractivity contribution < 1.29 is 18.4 Å². The van der Waals surface area contributed by atoms with Crippen molar-refractivity contribution in [3.05, 3.63) is 106 Å². The van der Waals surface area contributed by atoms with E-state index in [1.165, 1.54) is 12.3 Å². The molecule has 5 nitrogen and oxygen atoms in total. The van der Waals surface area contributed by atoms with Gasteiger partial charge in [-0.3, -0.25) is 9.59 Å². The van der Waals surface area contributed by atoms with E-state index in [0.717, 1.165) is 5.56 Å². The summed E-state index contributed by atoms with van der Waals surface area (Å²) in [6.45, 7) is 0. The molecule has 4 aromatic rings. The number of carbonyl (C=O) groups is 2. The van der Waals surface area contributed by atoms with Gasteiger partial charge in [0.1, 0.15) is 11.5 Å². The standard InChI is InChI=1S/C24H15Cl2NO4/c25-19-10-5-16(14-20(19)26)22-12-9-18(31-22)8-11-21(28)15-3-6-17(7-4-15)27-24(29)23-2-1-13-30-23/h1-14H,(H,27,29). The van der Waals surface area contributed by atoms with Gasteiger partial charge in [0.05, 0.1) is 16.3 Å². The molecule has 0 radical (unpaired) electrons. The first-order chi connectivity index (χ1) is 15.0. The monoisotopic (exact) mass is 451 g/mol. The Kier molecular flexibility index (Phi) is 6.07. The van der Waals surface area contributed by atoms with Crippen molar-refractivity contribution in [2.45, 2.75) is 0 Å². The van der Waals surface area contributed by atoms with E-state index in [-0.39, 0.29) is 17.5 Å². The van der Waals surface area contributed by atoms with Crippen molar-refractivity contribution in [1.82, 2.24) is 0 Å². The smallest absolute Gasteiger partial charge is 0.291 e. The van der Waals surface area contributed by atoms with Gasteiger partial charge in [0, 0.05) is 16.8 Å². The molecule has 0 saturated carbocycles. The van der Waals surface area contributed by atoms with Gasteiger partial charge >= 0.3 is 0 Å². The average molecular weight is 452 g/mol. The Labute approximate surface area is 187 Å². The molecule has 2 aromatic carbocycles. The molecule has 7 heteroatoms. The van der Waals surface area contributed by atoms with Crippen LogP contribution in [0.5, 0.6) is 0 Å². The van der Waals surface area contributed by atoms with Crippen molar-refractivity contribution in [2.75, 3.05) is 5.32 Å². The molecule has 0 saturated heterocycles. The molecule has 1 amide bonds. The average Bonchev–Trinajstić information content (AvgIpc) is 3.47. The molecule has 2 heterocycles. The first-order valence-corrected chi connectivity index (χ1v) is 9.98. The largest absolute Gasteiger partial charge is 0.459 e. The van der Waals surface area contributed by atoms with Crippen LogP contribution in [0, 0.1) is 0 Å². The van der Waals surface area contributed by atoms with Crippen molar-refractivity contribution in [3.8, 4) is 11.3 Å². The van der Waals surface area contributed by atoms with Gasteiger partial charge in [0.2, 0.25) is 0 Å². The molecule has 0 atom stereocenters. The maximum absolute atomic E-state index is 12.4. The van der Waals surface area contributed by atoms with Crippen LogP contribution in [0.1, 0.15) is 26.7 Å². The van der Waals surface area contributed by atoms with Gasteiger partial charge in [0.15, 0.2) is 11.5 Å². The van der Waals surface area contributed by atoms with Gasteiger partial charge in [0.25, 0.3) is 5.91 Å². The second-order valence-electron chi connectivity index (χ2n) is 6.54. The molecular formula is C24H15Cl2NO4. The summed E-state index contributed by atoms with van der Waals surface area (Å²) in [7, 11) is 0. The molecule has 154 valence electrons. The van der Waals surface area contributed by atoms with Crippen molar-refractivity contribution >= 4 is 46.7 Å². The molecule has 0 aliphatic carbocycles. The number of ketones is 1. The van der Waals surface area contributed by atoms with Crippen molar-refractivity contribution in [1.29, 1.82) is 0 Å². The lowest BCUT2D eigenvalue weighted by molar-refractivity contribution is 0.0996. The zero-order valence-corrected chi connectivity index (χ0v) is 17.5. The first-order valence-electron chi connectivity index (χ1n) is 9.22. The Morgan fingerprint density at radius 2 is 1.71 bits per heavy atom. The second kappa shape index (κ2) is 9.08. The van der Waals surface area contributed by atoms with E-state index < -0.39 is 0 Å². The van der Waals surface area contributed by atoms with Gasteiger partial charge in [-0.25, -0.2) is 0 Å². The maximum Gasteiger partial charge on any atom is 0.291 e. The van der Waals surface area contributed by atoms with E-state index in [9.17, 15) is 9.59 Å². The summed E-state index contributed by atoms with van der Waals surface area (Å²) in [5, 5.41) is 3.60. The number of halogens is 2. The van der Waals surface area contributed by atoms with Crippen LogP contribution in [0.2, 0.25) is 10.0 Å². The van der Waals surface area contributed by atoms with Gasteiger partial charge < -0.3 is 14.2 Å². The van der Waals surface area contributed by atoms with Gasteiger partial charge in [-0.15, -0.1) is 0 Å². The van der Waals surface area contributed by atoms with Gasteiger partial charge in [-0.2, -0.15) is 0 Å². The summed E-state index contributed by atoms with van der Waals surface area (Å²) in [6, 6.07) is 18.5. The number of rotatable bonds is 6. The Morgan fingerprint density at radius 1 is 0.903 bits per heavy atom. The molecular weight excluding hydrogens is 437 g/mol. The minimum absolute atomic E-state index is 0.198. The zero-order chi connectivity index (χ0) is 21.8. The normalized spacial score (nSPS) is 11.0. The quantitative estimate of drug-likeness (QED) is 0.253. The molecule has 0 aliphatic heterocycles. The highest BCUT2D eigenvalue weighted by atomic mass is 35.5. The number of nitrogens with one attached hydrogen (secondary N) is 1. The molecule has 0 unspecified atom stereocenters. The summed E-state index contributed by atoms with van der Waals surface area (Å²) >= 11 is 12.0. The van der Waals surface area contributed by atoms with Crippen molar-refractivity contribution in [3.63, 3.8) is 0 Å². The van der Waals surface area contributed by atoms with Crippen LogP contribution in [0.15, 0.2) is 87.9 Å². The van der Waals surface area contributed by atoms with E-state index in [1.807, 2.05) is 0 Å². The van der Waals surface area contributed by atoms with Gasteiger partial charge in [-0.05, 0) is 78.9 Å². The van der Waals surface area contributed by atoms with E-state index in [2.05, 4.69) is 5.32 Å². The van der Waals surface area contributed by atoms with E-state index in [4.69, 9.17) is 32.0 Å². The summed E-state index contributed by atoms with van der Waals surface area (Å²) < 4.78 is 10.8. The fourth-order valence-corrected chi connectivity index (χ4v) is 3.12. The Balaban J connectivity index is 1.40. The topological polar surface area (TPSA) is 72.5 Å². The predicted molar refractivity (Wildman–Crippen MR) is 121 cm³/mol. The number of amides is 1. The highest BCUT2D eigenvalue weighted by Crippen LogP contribution is 2.29. The number of allylic oxidation sites excluding steroid dienone is 1. The fourth-order valence-electron chi connectivity index (χ4n) is 2.82.